The number of carbonyl (C=O) groups is 2. The van der Waals surface area contributed by atoms with Crippen LogP contribution in [0.25, 0.3) is 0 Å². The average Bonchev–Trinajstić information content (AvgIpc) is 2.45. The SMILES string of the molecule is C/C=C(\C(C)=O)C(=O)c1c(C(C)C)cc(C(C)C)cc1C(C)C. The Morgan fingerprint density at radius 3 is 1.57 bits per heavy atom. The maximum atomic E-state index is 13.1. The molecular formula is C21H30O2. The standard InChI is InChI=1S/C21H30O2/c1-9-17(15(8)22)21(23)20-18(13(4)5)10-16(12(2)3)11-19(20)14(6)7/h9-14H,1-8H3/b17-9+. The van der Waals surface area contributed by atoms with Crippen molar-refractivity contribution in [2.75, 3.05) is 0 Å². The van der Waals surface area contributed by atoms with Crippen LogP contribution in [0.5, 0.6) is 0 Å². The number of rotatable bonds is 6. The van der Waals surface area contributed by atoms with Gasteiger partial charge in [-0.3, -0.25) is 9.59 Å². The van der Waals surface area contributed by atoms with Gasteiger partial charge in [-0.1, -0.05) is 59.8 Å². The maximum absolute atomic E-state index is 13.1. The van der Waals surface area contributed by atoms with Crippen LogP contribution in [0.4, 0.5) is 0 Å². The first-order chi connectivity index (χ1) is 10.6. The average molecular weight is 314 g/mol. The molecule has 2 nitrogen and oxygen atoms in total. The minimum Gasteiger partial charge on any atom is -0.294 e. The lowest BCUT2D eigenvalue weighted by molar-refractivity contribution is -0.113. The van der Waals surface area contributed by atoms with Gasteiger partial charge in [-0.05, 0) is 48.3 Å². The van der Waals surface area contributed by atoms with E-state index in [2.05, 4.69) is 53.7 Å². The molecule has 0 radical (unpaired) electrons. The van der Waals surface area contributed by atoms with E-state index in [9.17, 15) is 9.59 Å². The van der Waals surface area contributed by atoms with Crippen LogP contribution in [0.3, 0.4) is 0 Å². The molecule has 126 valence electrons. The molecule has 0 N–H and O–H groups in total. The van der Waals surface area contributed by atoms with Crippen LogP contribution >= 0.6 is 0 Å². The number of hydrogen-bond acceptors (Lipinski definition) is 2. The van der Waals surface area contributed by atoms with Gasteiger partial charge in [0.25, 0.3) is 0 Å². The van der Waals surface area contributed by atoms with E-state index in [0.717, 1.165) is 16.7 Å². The first-order valence-corrected chi connectivity index (χ1v) is 8.51. The topological polar surface area (TPSA) is 34.1 Å². The molecule has 0 aliphatic heterocycles. The smallest absolute Gasteiger partial charge is 0.196 e. The summed E-state index contributed by atoms with van der Waals surface area (Å²) in [7, 11) is 0. The van der Waals surface area contributed by atoms with E-state index < -0.39 is 0 Å². The monoisotopic (exact) mass is 314 g/mol. The molecule has 0 fully saturated rings. The summed E-state index contributed by atoms with van der Waals surface area (Å²) in [6.45, 7) is 15.9. The highest BCUT2D eigenvalue weighted by Gasteiger charge is 2.25. The quantitative estimate of drug-likeness (QED) is 0.289. The van der Waals surface area contributed by atoms with Crippen molar-refractivity contribution in [3.05, 3.63) is 46.0 Å². The van der Waals surface area contributed by atoms with E-state index in [1.807, 2.05) is 0 Å². The molecule has 1 rings (SSSR count). The highest BCUT2D eigenvalue weighted by molar-refractivity contribution is 6.26. The first-order valence-electron chi connectivity index (χ1n) is 8.51. The van der Waals surface area contributed by atoms with Crippen molar-refractivity contribution < 1.29 is 9.59 Å². The van der Waals surface area contributed by atoms with Crippen LogP contribution in [0, 0.1) is 0 Å². The van der Waals surface area contributed by atoms with Gasteiger partial charge < -0.3 is 0 Å². The van der Waals surface area contributed by atoms with Crippen LogP contribution in [-0.4, -0.2) is 11.6 Å². The Labute approximate surface area is 141 Å². The predicted octanol–water partition coefficient (Wildman–Crippen LogP) is 5.77. The number of hydrogen-bond donors (Lipinski definition) is 0. The van der Waals surface area contributed by atoms with E-state index in [1.54, 1.807) is 13.0 Å². The van der Waals surface area contributed by atoms with E-state index in [4.69, 9.17) is 0 Å². The molecule has 1 aromatic carbocycles. The second-order valence-corrected chi connectivity index (χ2v) is 7.13. The fraction of sp³-hybridized carbons (Fsp3) is 0.524. The Morgan fingerprint density at radius 2 is 1.30 bits per heavy atom. The Kier molecular flexibility index (Phi) is 6.49. The Hall–Kier alpha value is -1.70. The third kappa shape index (κ3) is 4.19. The van der Waals surface area contributed by atoms with Gasteiger partial charge in [0.1, 0.15) is 0 Å². The minimum atomic E-state index is -0.171. The molecular weight excluding hydrogens is 284 g/mol. The van der Waals surface area contributed by atoms with Crippen molar-refractivity contribution in [1.82, 2.24) is 0 Å². The van der Waals surface area contributed by atoms with Crippen LogP contribution in [0.1, 0.15) is 100 Å². The lowest BCUT2D eigenvalue weighted by Gasteiger charge is -2.22. The van der Waals surface area contributed by atoms with Crippen molar-refractivity contribution in [2.24, 2.45) is 0 Å². The minimum absolute atomic E-state index is 0.136. The van der Waals surface area contributed by atoms with Crippen LogP contribution in [0.15, 0.2) is 23.8 Å². The van der Waals surface area contributed by atoms with E-state index >= 15 is 0 Å². The maximum Gasteiger partial charge on any atom is 0.196 e. The zero-order chi connectivity index (χ0) is 17.9. The Balaban J connectivity index is 3.74. The Bertz CT molecular complexity index is 602. The summed E-state index contributed by atoms with van der Waals surface area (Å²) in [5, 5.41) is 0. The van der Waals surface area contributed by atoms with Crippen molar-refractivity contribution in [3.63, 3.8) is 0 Å². The molecule has 0 unspecified atom stereocenters. The fourth-order valence-corrected chi connectivity index (χ4v) is 2.85. The highest BCUT2D eigenvalue weighted by Crippen LogP contribution is 2.33. The summed E-state index contributed by atoms with van der Waals surface area (Å²) in [4.78, 5) is 24.9. The third-order valence-corrected chi connectivity index (χ3v) is 4.27. The molecule has 1 aromatic rings. The molecule has 0 saturated heterocycles. The van der Waals surface area contributed by atoms with E-state index in [0.29, 0.717) is 5.92 Å². The van der Waals surface area contributed by atoms with Crippen molar-refractivity contribution in [2.45, 2.75) is 73.1 Å². The molecule has 23 heavy (non-hydrogen) atoms. The first kappa shape index (κ1) is 19.3. The number of carbonyl (C=O) groups excluding carboxylic acids is 2. The molecule has 0 heterocycles. The molecule has 0 spiro atoms. The zero-order valence-corrected chi connectivity index (χ0v) is 15.8. The summed E-state index contributed by atoms with van der Waals surface area (Å²) in [5.41, 5.74) is 4.35. The Morgan fingerprint density at radius 1 is 0.870 bits per heavy atom. The molecule has 0 amide bonds. The van der Waals surface area contributed by atoms with Gasteiger partial charge in [0.05, 0.1) is 5.57 Å². The molecule has 0 aliphatic carbocycles. The van der Waals surface area contributed by atoms with Gasteiger partial charge in [0.2, 0.25) is 0 Å². The molecule has 0 aromatic heterocycles. The third-order valence-electron chi connectivity index (χ3n) is 4.27. The number of allylic oxidation sites excluding steroid dienone is 2. The molecule has 0 saturated carbocycles. The second-order valence-electron chi connectivity index (χ2n) is 7.13. The van der Waals surface area contributed by atoms with Crippen LogP contribution in [-0.2, 0) is 4.79 Å². The van der Waals surface area contributed by atoms with E-state index in [1.165, 1.54) is 12.5 Å². The zero-order valence-electron chi connectivity index (χ0n) is 15.8. The van der Waals surface area contributed by atoms with Crippen molar-refractivity contribution in [1.29, 1.82) is 0 Å². The summed E-state index contributed by atoms with van der Waals surface area (Å²) in [6.07, 6.45) is 1.63. The number of ketones is 2. The predicted molar refractivity (Wildman–Crippen MR) is 97.5 cm³/mol. The normalized spacial score (nSPS) is 12.4. The van der Waals surface area contributed by atoms with Gasteiger partial charge in [-0.15, -0.1) is 0 Å². The van der Waals surface area contributed by atoms with Crippen molar-refractivity contribution in [3.8, 4) is 0 Å². The van der Waals surface area contributed by atoms with Gasteiger partial charge >= 0.3 is 0 Å². The van der Waals surface area contributed by atoms with Crippen LogP contribution in [0.2, 0.25) is 0 Å². The van der Waals surface area contributed by atoms with Crippen LogP contribution < -0.4 is 0 Å². The lowest BCUT2D eigenvalue weighted by Crippen LogP contribution is -2.17. The van der Waals surface area contributed by atoms with Gasteiger partial charge in [-0.2, -0.15) is 0 Å². The highest BCUT2D eigenvalue weighted by atomic mass is 16.1. The summed E-state index contributed by atoms with van der Waals surface area (Å²) in [6, 6.07) is 4.28. The lowest BCUT2D eigenvalue weighted by atomic mass is 9.81. The van der Waals surface area contributed by atoms with Gasteiger partial charge in [0, 0.05) is 5.56 Å². The van der Waals surface area contributed by atoms with Gasteiger partial charge in [-0.25, -0.2) is 0 Å². The largest absolute Gasteiger partial charge is 0.294 e. The van der Waals surface area contributed by atoms with Gasteiger partial charge in [0.15, 0.2) is 11.6 Å². The summed E-state index contributed by atoms with van der Waals surface area (Å²) < 4.78 is 0. The van der Waals surface area contributed by atoms with Crippen molar-refractivity contribution >= 4 is 11.6 Å². The summed E-state index contributed by atoms with van der Waals surface area (Å²) >= 11 is 0. The molecule has 0 atom stereocenters. The fourth-order valence-electron chi connectivity index (χ4n) is 2.85. The van der Waals surface area contributed by atoms with E-state index in [-0.39, 0.29) is 29.0 Å². The second kappa shape index (κ2) is 7.72. The molecule has 0 aliphatic rings. The molecule has 2 heteroatoms. The molecule has 0 bridgehead atoms. The number of Topliss-reactive ketones (excluding diaryl/α,β-unsaturated/α-hetero) is 2. The summed E-state index contributed by atoms with van der Waals surface area (Å²) in [5.74, 6) is 0.561. The number of benzene rings is 1.